The summed E-state index contributed by atoms with van der Waals surface area (Å²) in [5.41, 5.74) is 1.18. The average molecular weight is 230 g/mol. The first kappa shape index (κ1) is 12.2. The topological polar surface area (TPSA) is 77.8 Å². The zero-order chi connectivity index (χ0) is 11.6. The molecule has 15 heavy (non-hydrogen) atoms. The van der Waals surface area contributed by atoms with Gasteiger partial charge in [0.05, 0.1) is 5.30 Å². The Hall–Kier alpha value is -0.830. The van der Waals surface area contributed by atoms with Gasteiger partial charge in [0.15, 0.2) is 0 Å². The maximum atomic E-state index is 11.2. The number of aromatic hydroxyl groups is 1. The third-order valence-corrected chi connectivity index (χ3v) is 3.45. The third kappa shape index (κ3) is 2.40. The van der Waals surface area contributed by atoms with E-state index in [1.54, 1.807) is 0 Å². The molecule has 3 N–H and O–H groups in total. The van der Waals surface area contributed by atoms with Crippen LogP contribution in [-0.2, 0) is 17.4 Å². The van der Waals surface area contributed by atoms with E-state index in [1.807, 2.05) is 13.8 Å². The van der Waals surface area contributed by atoms with Crippen molar-refractivity contribution in [2.45, 2.75) is 26.7 Å². The second-order valence-corrected chi connectivity index (χ2v) is 4.88. The predicted octanol–water partition coefficient (Wildman–Crippen LogP) is 1.32. The van der Waals surface area contributed by atoms with Gasteiger partial charge >= 0.3 is 7.60 Å². The highest BCUT2D eigenvalue weighted by Gasteiger charge is 2.23. The van der Waals surface area contributed by atoms with Crippen molar-refractivity contribution in [3.63, 3.8) is 0 Å². The van der Waals surface area contributed by atoms with E-state index in [1.165, 1.54) is 12.1 Å². The molecule has 0 fully saturated rings. The van der Waals surface area contributed by atoms with Crippen LogP contribution in [0.3, 0.4) is 0 Å². The lowest BCUT2D eigenvalue weighted by atomic mass is 10.0. The Balaban J connectivity index is 3.49. The first-order valence-corrected chi connectivity index (χ1v) is 6.42. The highest BCUT2D eigenvalue weighted by molar-refractivity contribution is 7.60. The fraction of sp³-hybridized carbons (Fsp3) is 0.400. The van der Waals surface area contributed by atoms with E-state index in [0.717, 1.165) is 0 Å². The molecule has 0 atom stereocenters. The van der Waals surface area contributed by atoms with Gasteiger partial charge < -0.3 is 14.9 Å². The minimum absolute atomic E-state index is 0.0275. The number of hydrogen-bond donors (Lipinski definition) is 3. The van der Waals surface area contributed by atoms with Crippen LogP contribution >= 0.6 is 7.60 Å². The van der Waals surface area contributed by atoms with Crippen LogP contribution in [0.15, 0.2) is 12.1 Å². The lowest BCUT2D eigenvalue weighted by molar-refractivity contribution is 0.387. The quantitative estimate of drug-likeness (QED) is 0.684. The van der Waals surface area contributed by atoms with Gasteiger partial charge in [0.25, 0.3) is 0 Å². The summed E-state index contributed by atoms with van der Waals surface area (Å²) < 4.78 is 11.2. The van der Waals surface area contributed by atoms with Crippen molar-refractivity contribution in [1.82, 2.24) is 0 Å². The molecule has 0 saturated heterocycles. The van der Waals surface area contributed by atoms with Crippen molar-refractivity contribution in [1.29, 1.82) is 0 Å². The van der Waals surface area contributed by atoms with Crippen molar-refractivity contribution < 1.29 is 19.5 Å². The summed E-state index contributed by atoms with van der Waals surface area (Å²) in [4.78, 5) is 18.3. The number of hydrogen-bond acceptors (Lipinski definition) is 2. The van der Waals surface area contributed by atoms with Gasteiger partial charge in [-0.3, -0.25) is 4.57 Å². The van der Waals surface area contributed by atoms with E-state index in [2.05, 4.69) is 0 Å². The van der Waals surface area contributed by atoms with Crippen LogP contribution < -0.4 is 5.30 Å². The Morgan fingerprint density at radius 3 is 2.07 bits per heavy atom. The Morgan fingerprint density at radius 1 is 1.13 bits per heavy atom. The Labute approximate surface area is 88.7 Å². The molecule has 0 radical (unpaired) electrons. The average Bonchev–Trinajstić information content (AvgIpc) is 2.15. The molecule has 0 saturated carbocycles. The first-order chi connectivity index (χ1) is 6.91. The molecule has 84 valence electrons. The molecule has 0 unspecified atom stereocenters. The number of phenolic OH excluding ortho intramolecular Hbond substituents is 1. The van der Waals surface area contributed by atoms with Crippen LogP contribution in [0.4, 0.5) is 0 Å². The monoisotopic (exact) mass is 230 g/mol. The van der Waals surface area contributed by atoms with Gasteiger partial charge in [0.2, 0.25) is 0 Å². The maximum Gasteiger partial charge on any atom is 0.356 e. The number of benzene rings is 1. The summed E-state index contributed by atoms with van der Waals surface area (Å²) >= 11 is 0. The predicted molar refractivity (Wildman–Crippen MR) is 58.5 cm³/mol. The van der Waals surface area contributed by atoms with Gasteiger partial charge in [-0.1, -0.05) is 13.8 Å². The smallest absolute Gasteiger partial charge is 0.356 e. The van der Waals surface area contributed by atoms with Gasteiger partial charge in [0, 0.05) is 0 Å². The molecule has 1 rings (SSSR count). The van der Waals surface area contributed by atoms with E-state index in [4.69, 9.17) is 9.79 Å². The summed E-state index contributed by atoms with van der Waals surface area (Å²) in [6.45, 7) is 3.66. The molecular formula is C10H15O4P. The van der Waals surface area contributed by atoms with E-state index >= 15 is 0 Å². The highest BCUT2D eigenvalue weighted by atomic mass is 31.2. The maximum absolute atomic E-state index is 11.2. The lowest BCUT2D eigenvalue weighted by Crippen LogP contribution is -2.13. The van der Waals surface area contributed by atoms with Gasteiger partial charge in [-0.25, -0.2) is 0 Å². The summed E-state index contributed by atoms with van der Waals surface area (Å²) in [7, 11) is -4.24. The molecule has 1 aromatic rings. The molecule has 4 nitrogen and oxygen atoms in total. The van der Waals surface area contributed by atoms with Crippen molar-refractivity contribution in [2.75, 3.05) is 0 Å². The van der Waals surface area contributed by atoms with Gasteiger partial charge in [-0.2, -0.15) is 0 Å². The minimum Gasteiger partial charge on any atom is -0.508 e. The van der Waals surface area contributed by atoms with Gasteiger partial charge in [0.1, 0.15) is 5.75 Å². The molecule has 0 bridgehead atoms. The van der Waals surface area contributed by atoms with Crippen molar-refractivity contribution >= 4 is 12.9 Å². The molecule has 1 aromatic carbocycles. The Kier molecular flexibility index (Phi) is 3.55. The Bertz CT molecular complexity index is 408. The highest BCUT2D eigenvalue weighted by Crippen LogP contribution is 2.37. The Morgan fingerprint density at radius 2 is 1.67 bits per heavy atom. The third-order valence-electron chi connectivity index (χ3n) is 2.40. The lowest BCUT2D eigenvalue weighted by Gasteiger charge is -2.14. The number of phenols is 1. The van der Waals surface area contributed by atoms with Crippen molar-refractivity contribution in [3.05, 3.63) is 23.3 Å². The SMILES string of the molecule is CCc1c(O)ccc(P(=O)(O)O)c1CC. The molecule has 0 aliphatic rings. The van der Waals surface area contributed by atoms with Crippen LogP contribution in [0.2, 0.25) is 0 Å². The minimum atomic E-state index is -4.24. The van der Waals surface area contributed by atoms with Crippen LogP contribution in [0, 0.1) is 0 Å². The van der Waals surface area contributed by atoms with Crippen molar-refractivity contribution in [2.24, 2.45) is 0 Å². The molecule has 0 amide bonds. The fourth-order valence-electron chi connectivity index (χ4n) is 1.73. The largest absolute Gasteiger partial charge is 0.508 e. The molecule has 0 heterocycles. The van der Waals surface area contributed by atoms with E-state index in [0.29, 0.717) is 24.0 Å². The van der Waals surface area contributed by atoms with E-state index in [-0.39, 0.29) is 11.1 Å². The summed E-state index contributed by atoms with van der Waals surface area (Å²) in [5, 5.41) is 9.59. The van der Waals surface area contributed by atoms with E-state index in [9.17, 15) is 9.67 Å². The van der Waals surface area contributed by atoms with Crippen LogP contribution in [0.25, 0.3) is 0 Å². The molecule has 0 aliphatic heterocycles. The summed E-state index contributed by atoms with van der Waals surface area (Å²) in [5.74, 6) is 0.103. The molecule has 0 spiro atoms. The second-order valence-electron chi connectivity index (χ2n) is 3.31. The summed E-state index contributed by atoms with van der Waals surface area (Å²) in [6.07, 6.45) is 1.06. The fourth-order valence-corrected chi connectivity index (χ4v) is 2.64. The van der Waals surface area contributed by atoms with Crippen LogP contribution in [0.1, 0.15) is 25.0 Å². The molecule has 5 heteroatoms. The zero-order valence-corrected chi connectivity index (χ0v) is 9.66. The van der Waals surface area contributed by atoms with Gasteiger partial charge in [-0.05, 0) is 36.1 Å². The standard InChI is InChI=1S/C10H15O4P/c1-3-7-8(4-2)10(15(12,13)14)6-5-9(7)11/h5-6,11H,3-4H2,1-2H3,(H2,12,13,14). The van der Waals surface area contributed by atoms with Crippen LogP contribution in [0.5, 0.6) is 5.75 Å². The number of rotatable bonds is 3. The molecule has 0 aromatic heterocycles. The normalized spacial score (nSPS) is 11.7. The second kappa shape index (κ2) is 4.35. The summed E-state index contributed by atoms with van der Waals surface area (Å²) in [6, 6.07) is 2.64. The van der Waals surface area contributed by atoms with Crippen molar-refractivity contribution in [3.8, 4) is 5.75 Å². The van der Waals surface area contributed by atoms with Gasteiger partial charge in [-0.15, -0.1) is 0 Å². The first-order valence-electron chi connectivity index (χ1n) is 4.81. The van der Waals surface area contributed by atoms with E-state index < -0.39 is 7.60 Å². The molecular weight excluding hydrogens is 215 g/mol. The molecule has 0 aliphatic carbocycles. The van der Waals surface area contributed by atoms with Crippen LogP contribution in [-0.4, -0.2) is 14.9 Å². The zero-order valence-electron chi connectivity index (χ0n) is 8.77.